The highest BCUT2D eigenvalue weighted by Gasteiger charge is 2.41. The highest BCUT2D eigenvalue weighted by atomic mass is 16.3. The average Bonchev–Trinajstić information content (AvgIpc) is 2.87. The molecule has 6 rings (SSSR count). The van der Waals surface area contributed by atoms with Gasteiger partial charge in [-0.15, -0.1) is 0 Å². The van der Waals surface area contributed by atoms with Gasteiger partial charge in [0.25, 0.3) is 23.6 Å². The average molecular weight is 462 g/mol. The second kappa shape index (κ2) is 7.36. The Balaban J connectivity index is 1.52. The van der Waals surface area contributed by atoms with Crippen LogP contribution >= 0.6 is 0 Å². The fraction of sp³-hybridized carbons (Fsp3) is 0.0714. The fourth-order valence-corrected chi connectivity index (χ4v) is 4.96. The number of hydrogen-bond acceptors (Lipinski definition) is 5. The Morgan fingerprint density at radius 1 is 0.600 bits per heavy atom. The van der Waals surface area contributed by atoms with Gasteiger partial charge in [0, 0.05) is 33.0 Å². The van der Waals surface area contributed by atoms with Gasteiger partial charge >= 0.3 is 0 Å². The van der Waals surface area contributed by atoms with Crippen LogP contribution in [0.25, 0.3) is 10.8 Å². The lowest BCUT2D eigenvalue weighted by molar-refractivity contribution is 0.0548. The van der Waals surface area contributed by atoms with Gasteiger partial charge in [0.1, 0.15) is 5.75 Å². The van der Waals surface area contributed by atoms with E-state index in [4.69, 9.17) is 0 Å². The number of anilines is 1. The highest BCUT2D eigenvalue weighted by molar-refractivity contribution is 6.39. The van der Waals surface area contributed by atoms with E-state index in [-0.39, 0.29) is 28.0 Å². The zero-order chi connectivity index (χ0) is 24.4. The number of carbonyl (C=O) groups is 4. The van der Waals surface area contributed by atoms with Crippen molar-refractivity contribution in [3.8, 4) is 5.75 Å². The number of aromatic hydroxyl groups is 1. The summed E-state index contributed by atoms with van der Waals surface area (Å²) in [6, 6.07) is 20.7. The van der Waals surface area contributed by atoms with E-state index in [0.717, 1.165) is 10.5 Å². The van der Waals surface area contributed by atoms with Crippen molar-refractivity contribution in [2.45, 2.75) is 13.0 Å². The Bertz CT molecular complexity index is 1520. The zero-order valence-corrected chi connectivity index (χ0v) is 18.6. The van der Waals surface area contributed by atoms with Crippen LogP contribution in [0.2, 0.25) is 0 Å². The third-order valence-corrected chi connectivity index (χ3v) is 6.70. The van der Waals surface area contributed by atoms with E-state index in [1.807, 2.05) is 30.3 Å². The maximum Gasteiger partial charge on any atom is 0.265 e. The first kappa shape index (κ1) is 20.8. The smallest absolute Gasteiger partial charge is 0.265 e. The second-order valence-electron chi connectivity index (χ2n) is 8.60. The highest BCUT2D eigenvalue weighted by Crippen LogP contribution is 2.40. The number of benzene rings is 4. The van der Waals surface area contributed by atoms with E-state index in [2.05, 4.69) is 0 Å². The summed E-state index contributed by atoms with van der Waals surface area (Å²) >= 11 is 0. The lowest BCUT2D eigenvalue weighted by Gasteiger charge is -2.34. The molecule has 0 fully saturated rings. The number of carbonyl (C=O) groups excluding carboxylic acids is 4. The van der Waals surface area contributed by atoms with Gasteiger partial charge in [0.2, 0.25) is 0 Å². The van der Waals surface area contributed by atoms with Crippen molar-refractivity contribution in [2.24, 2.45) is 0 Å². The minimum absolute atomic E-state index is 0.0101. The van der Waals surface area contributed by atoms with Crippen LogP contribution in [0.15, 0.2) is 78.9 Å². The molecule has 0 aromatic heterocycles. The summed E-state index contributed by atoms with van der Waals surface area (Å²) in [6.45, 7) is 1.79. The lowest BCUT2D eigenvalue weighted by Crippen LogP contribution is -2.44. The summed E-state index contributed by atoms with van der Waals surface area (Å²) in [5.41, 5.74) is 2.16. The molecule has 0 saturated heterocycles. The fourth-order valence-electron chi connectivity index (χ4n) is 4.96. The monoisotopic (exact) mass is 462 g/mol. The maximum atomic E-state index is 13.5. The van der Waals surface area contributed by atoms with Gasteiger partial charge in [-0.3, -0.25) is 24.1 Å². The minimum atomic E-state index is -0.558. The van der Waals surface area contributed by atoms with Gasteiger partial charge in [-0.1, -0.05) is 30.3 Å². The third kappa shape index (κ3) is 2.85. The quantitative estimate of drug-likeness (QED) is 0.445. The van der Waals surface area contributed by atoms with E-state index < -0.39 is 29.7 Å². The molecule has 4 amide bonds. The Morgan fingerprint density at radius 2 is 1.06 bits per heavy atom. The number of hydrogen-bond donors (Lipinski definition) is 1. The summed E-state index contributed by atoms with van der Waals surface area (Å²) in [6.07, 6.45) is 0. The minimum Gasteiger partial charge on any atom is -0.508 e. The predicted octanol–water partition coefficient (Wildman–Crippen LogP) is 4.70. The van der Waals surface area contributed by atoms with Gasteiger partial charge in [0.05, 0.1) is 11.7 Å². The Morgan fingerprint density at radius 3 is 1.54 bits per heavy atom. The van der Waals surface area contributed by atoms with Crippen molar-refractivity contribution in [3.63, 3.8) is 0 Å². The molecule has 4 aromatic carbocycles. The largest absolute Gasteiger partial charge is 0.508 e. The number of rotatable bonds is 3. The van der Waals surface area contributed by atoms with Crippen molar-refractivity contribution >= 4 is 40.1 Å². The van der Waals surface area contributed by atoms with Crippen molar-refractivity contribution in [1.29, 1.82) is 0 Å². The molecule has 0 unspecified atom stereocenters. The molecule has 0 bridgehead atoms. The maximum absolute atomic E-state index is 13.5. The number of phenols is 1. The molecule has 2 aliphatic heterocycles. The van der Waals surface area contributed by atoms with Crippen LogP contribution in [0.5, 0.6) is 5.75 Å². The number of nitrogens with zero attached hydrogens (tertiary/aromatic N) is 2. The molecule has 0 saturated carbocycles. The van der Waals surface area contributed by atoms with Crippen LogP contribution in [-0.4, -0.2) is 33.6 Å². The molecular formula is C28H18N2O5. The van der Waals surface area contributed by atoms with Crippen LogP contribution < -0.4 is 4.90 Å². The molecule has 0 aliphatic carbocycles. The first-order valence-corrected chi connectivity index (χ1v) is 11.1. The van der Waals surface area contributed by atoms with Crippen LogP contribution in [0, 0.1) is 0 Å². The lowest BCUT2D eigenvalue weighted by atomic mass is 9.85. The zero-order valence-electron chi connectivity index (χ0n) is 18.6. The topological polar surface area (TPSA) is 95.0 Å². The van der Waals surface area contributed by atoms with Gasteiger partial charge in [-0.05, 0) is 61.0 Å². The molecule has 2 heterocycles. The first-order valence-electron chi connectivity index (χ1n) is 11.1. The van der Waals surface area contributed by atoms with Gasteiger partial charge < -0.3 is 5.11 Å². The molecule has 4 aromatic rings. The number of phenolic OH excluding ortho intramolecular Hbond substituents is 1. The molecular weight excluding hydrogens is 444 g/mol. The summed E-state index contributed by atoms with van der Waals surface area (Å²) < 4.78 is 0. The number of imide groups is 2. The van der Waals surface area contributed by atoms with Gasteiger partial charge in [-0.25, -0.2) is 4.90 Å². The summed E-state index contributed by atoms with van der Waals surface area (Å²) in [7, 11) is 0. The predicted molar refractivity (Wildman–Crippen MR) is 129 cm³/mol. The third-order valence-electron chi connectivity index (χ3n) is 6.70. The summed E-state index contributed by atoms with van der Waals surface area (Å²) in [5.74, 6) is -2.04. The molecule has 1 N–H and O–H groups in total. The van der Waals surface area contributed by atoms with Crippen LogP contribution in [0.4, 0.5) is 5.69 Å². The normalized spacial score (nSPS) is 15.7. The molecule has 1 atom stereocenters. The summed E-state index contributed by atoms with van der Waals surface area (Å²) in [4.78, 5) is 56.2. The van der Waals surface area contributed by atoms with Gasteiger partial charge in [-0.2, -0.15) is 0 Å². The van der Waals surface area contributed by atoms with Crippen molar-refractivity contribution in [1.82, 2.24) is 4.90 Å². The SMILES string of the molecule is C[C@@H](c1ccccc1)N1C(=O)c2ccc3c4c(ccc(c24)C1=O)C(=O)N(c1ccc(O)cc1)C3=O. The van der Waals surface area contributed by atoms with E-state index in [9.17, 15) is 24.3 Å². The van der Waals surface area contributed by atoms with E-state index in [1.54, 1.807) is 19.1 Å². The second-order valence-corrected chi connectivity index (χ2v) is 8.60. The first-order chi connectivity index (χ1) is 16.9. The molecule has 0 radical (unpaired) electrons. The molecule has 2 aliphatic rings. The van der Waals surface area contributed by atoms with Crippen LogP contribution in [-0.2, 0) is 0 Å². The van der Waals surface area contributed by atoms with E-state index >= 15 is 0 Å². The van der Waals surface area contributed by atoms with Gasteiger partial charge in [0.15, 0.2) is 0 Å². The van der Waals surface area contributed by atoms with Crippen molar-refractivity contribution in [3.05, 3.63) is 107 Å². The number of amides is 4. The molecule has 0 spiro atoms. The molecule has 170 valence electrons. The Labute approximate surface area is 199 Å². The van der Waals surface area contributed by atoms with Crippen LogP contribution in [0.3, 0.4) is 0 Å². The Kier molecular flexibility index (Phi) is 4.38. The van der Waals surface area contributed by atoms with Crippen LogP contribution in [0.1, 0.15) is 60.0 Å². The van der Waals surface area contributed by atoms with Crippen molar-refractivity contribution in [2.75, 3.05) is 4.90 Å². The molecule has 7 nitrogen and oxygen atoms in total. The molecule has 7 heteroatoms. The van der Waals surface area contributed by atoms with E-state index in [1.165, 1.54) is 41.3 Å². The van der Waals surface area contributed by atoms with Crippen molar-refractivity contribution < 1.29 is 24.3 Å². The Hall–Kier alpha value is -4.78. The summed E-state index contributed by atoms with van der Waals surface area (Å²) in [5, 5.41) is 10.2. The van der Waals surface area contributed by atoms with E-state index in [0.29, 0.717) is 16.5 Å². The standard InChI is InChI=1S/C28H18N2O5/c1-15(16-5-3-2-4-6-16)29-25(32)19-11-13-21-24-22(14-12-20(23(19)24)26(29)33)28(35)30(27(21)34)17-7-9-18(31)10-8-17/h2-15,31H,1H3/t15-/m0/s1. The molecule has 35 heavy (non-hydrogen) atoms.